The normalized spacial score (nSPS) is 21.2. The second kappa shape index (κ2) is 6.69. The van der Waals surface area contributed by atoms with Crippen LogP contribution in [0.4, 0.5) is 5.69 Å². The van der Waals surface area contributed by atoms with Crippen LogP contribution in [0.1, 0.15) is 23.7 Å². The number of nitrogens with zero attached hydrogens (tertiary/aromatic N) is 1. The summed E-state index contributed by atoms with van der Waals surface area (Å²) in [5.74, 6) is -1.33. The molecule has 0 bridgehead atoms. The van der Waals surface area contributed by atoms with Gasteiger partial charge in [-0.2, -0.15) is 0 Å². The van der Waals surface area contributed by atoms with E-state index in [1.165, 1.54) is 17.0 Å². The highest BCUT2D eigenvalue weighted by molar-refractivity contribution is 5.96. The molecule has 2 N–H and O–H groups in total. The summed E-state index contributed by atoms with van der Waals surface area (Å²) >= 11 is 0. The molecule has 0 radical (unpaired) electrons. The van der Waals surface area contributed by atoms with Crippen molar-refractivity contribution in [2.45, 2.75) is 19.4 Å². The topological polar surface area (TPSA) is 87.1 Å². The zero-order valence-corrected chi connectivity index (χ0v) is 11.9. The van der Waals surface area contributed by atoms with Crippen molar-refractivity contribution in [3.63, 3.8) is 0 Å². The van der Waals surface area contributed by atoms with Crippen molar-refractivity contribution in [2.75, 3.05) is 24.7 Å². The molecule has 1 aliphatic rings. The Morgan fingerprint density at radius 1 is 1.33 bits per heavy atom. The Labute approximate surface area is 122 Å². The summed E-state index contributed by atoms with van der Waals surface area (Å²) in [7, 11) is 0. The summed E-state index contributed by atoms with van der Waals surface area (Å²) in [6, 6.07) is 6.05. The molecule has 21 heavy (non-hydrogen) atoms. The van der Waals surface area contributed by atoms with Crippen molar-refractivity contribution in [3.8, 4) is 0 Å². The van der Waals surface area contributed by atoms with Crippen LogP contribution in [0.25, 0.3) is 0 Å². The van der Waals surface area contributed by atoms with Gasteiger partial charge >= 0.3 is 5.97 Å². The first-order valence-electron chi connectivity index (χ1n) is 6.90. The van der Waals surface area contributed by atoms with Crippen LogP contribution < -0.4 is 4.90 Å². The maximum atomic E-state index is 12.5. The molecule has 0 saturated carbocycles. The van der Waals surface area contributed by atoms with Gasteiger partial charge in [0.15, 0.2) is 0 Å². The lowest BCUT2D eigenvalue weighted by Crippen LogP contribution is -2.38. The molecule has 1 heterocycles. The fraction of sp³-hybridized carbons (Fsp3) is 0.467. The molecule has 0 aliphatic carbocycles. The van der Waals surface area contributed by atoms with Crippen LogP contribution in [0.5, 0.6) is 0 Å². The van der Waals surface area contributed by atoms with E-state index in [0.29, 0.717) is 18.7 Å². The molecule has 1 aliphatic heterocycles. The Kier molecular flexibility index (Phi) is 4.93. The second-order valence-corrected chi connectivity index (χ2v) is 5.14. The molecular weight excluding hydrogens is 274 g/mol. The third-order valence-electron chi connectivity index (χ3n) is 3.56. The number of rotatable bonds is 5. The number of carbonyl (C=O) groups excluding carboxylic acids is 1. The van der Waals surface area contributed by atoms with Crippen LogP contribution in [0, 0.1) is 5.92 Å². The number of anilines is 1. The van der Waals surface area contributed by atoms with Gasteiger partial charge < -0.3 is 19.8 Å². The Bertz CT molecular complexity index is 513. The van der Waals surface area contributed by atoms with Crippen molar-refractivity contribution < 1.29 is 24.5 Å². The molecular formula is C15H19NO5. The van der Waals surface area contributed by atoms with Gasteiger partial charge in [-0.25, -0.2) is 4.79 Å². The minimum atomic E-state index is -1.01. The summed E-state index contributed by atoms with van der Waals surface area (Å²) in [5, 5.41) is 18.1. The number of carboxylic acids is 1. The minimum absolute atomic E-state index is 0.0595. The minimum Gasteiger partial charge on any atom is -0.478 e. The smallest absolute Gasteiger partial charge is 0.335 e. The maximum absolute atomic E-state index is 12.5. The SMILES string of the molecule is CC1CC(C(=O)N(CCO)c2ccc(C(=O)O)cc2)CO1. The van der Waals surface area contributed by atoms with Crippen LogP contribution in [-0.2, 0) is 9.53 Å². The monoisotopic (exact) mass is 293 g/mol. The van der Waals surface area contributed by atoms with Gasteiger partial charge in [0.25, 0.3) is 0 Å². The molecule has 114 valence electrons. The number of carbonyl (C=O) groups is 2. The highest BCUT2D eigenvalue weighted by atomic mass is 16.5. The first-order chi connectivity index (χ1) is 10.0. The van der Waals surface area contributed by atoms with E-state index in [4.69, 9.17) is 14.9 Å². The maximum Gasteiger partial charge on any atom is 0.335 e. The molecule has 0 aromatic heterocycles. The van der Waals surface area contributed by atoms with Gasteiger partial charge in [-0.1, -0.05) is 0 Å². The van der Waals surface area contributed by atoms with Crippen LogP contribution >= 0.6 is 0 Å². The molecule has 2 unspecified atom stereocenters. The van der Waals surface area contributed by atoms with Crippen LogP contribution in [-0.4, -0.2) is 48.0 Å². The lowest BCUT2D eigenvalue weighted by Gasteiger charge is -2.24. The van der Waals surface area contributed by atoms with E-state index in [1.54, 1.807) is 12.1 Å². The highest BCUT2D eigenvalue weighted by Gasteiger charge is 2.32. The molecule has 6 heteroatoms. The number of amides is 1. The summed E-state index contributed by atoms with van der Waals surface area (Å²) in [4.78, 5) is 24.9. The number of hydrogen-bond acceptors (Lipinski definition) is 4. The lowest BCUT2D eigenvalue weighted by molar-refractivity contribution is -0.122. The van der Waals surface area contributed by atoms with Gasteiger partial charge in [0, 0.05) is 12.2 Å². The van der Waals surface area contributed by atoms with E-state index >= 15 is 0 Å². The largest absolute Gasteiger partial charge is 0.478 e. The highest BCUT2D eigenvalue weighted by Crippen LogP contribution is 2.24. The summed E-state index contributed by atoms with van der Waals surface area (Å²) < 4.78 is 5.41. The van der Waals surface area contributed by atoms with Crippen molar-refractivity contribution in [1.29, 1.82) is 0 Å². The number of aromatic carboxylic acids is 1. The Morgan fingerprint density at radius 3 is 2.48 bits per heavy atom. The summed E-state index contributed by atoms with van der Waals surface area (Å²) in [5.41, 5.74) is 0.742. The average molecular weight is 293 g/mol. The predicted octanol–water partition coefficient (Wildman–Crippen LogP) is 1.14. The van der Waals surface area contributed by atoms with Crippen molar-refractivity contribution in [1.82, 2.24) is 0 Å². The lowest BCUT2D eigenvalue weighted by atomic mass is 10.0. The molecule has 1 aromatic carbocycles. The van der Waals surface area contributed by atoms with Crippen LogP contribution in [0.3, 0.4) is 0 Å². The van der Waals surface area contributed by atoms with Crippen molar-refractivity contribution in [3.05, 3.63) is 29.8 Å². The number of benzene rings is 1. The van der Waals surface area contributed by atoms with E-state index in [9.17, 15) is 9.59 Å². The van der Waals surface area contributed by atoms with Gasteiger partial charge in [0.2, 0.25) is 5.91 Å². The van der Waals surface area contributed by atoms with Gasteiger partial charge in [-0.15, -0.1) is 0 Å². The number of ether oxygens (including phenoxy) is 1. The molecule has 1 amide bonds. The fourth-order valence-corrected chi connectivity index (χ4v) is 2.46. The van der Waals surface area contributed by atoms with E-state index in [1.807, 2.05) is 6.92 Å². The van der Waals surface area contributed by atoms with Gasteiger partial charge in [-0.05, 0) is 37.6 Å². The van der Waals surface area contributed by atoms with E-state index < -0.39 is 5.97 Å². The Balaban J connectivity index is 2.17. The van der Waals surface area contributed by atoms with Crippen LogP contribution in [0.2, 0.25) is 0 Å². The third kappa shape index (κ3) is 3.59. The van der Waals surface area contributed by atoms with Crippen molar-refractivity contribution >= 4 is 17.6 Å². The first-order valence-corrected chi connectivity index (χ1v) is 6.90. The van der Waals surface area contributed by atoms with E-state index in [-0.39, 0.29) is 36.6 Å². The Morgan fingerprint density at radius 2 is 2.00 bits per heavy atom. The molecule has 1 aromatic rings. The van der Waals surface area contributed by atoms with Gasteiger partial charge in [-0.3, -0.25) is 4.79 Å². The molecule has 0 spiro atoms. The van der Waals surface area contributed by atoms with Gasteiger partial charge in [0.05, 0.1) is 30.8 Å². The number of hydrogen-bond donors (Lipinski definition) is 2. The third-order valence-corrected chi connectivity index (χ3v) is 3.56. The molecule has 2 atom stereocenters. The van der Waals surface area contributed by atoms with E-state index in [2.05, 4.69) is 0 Å². The average Bonchev–Trinajstić information content (AvgIpc) is 2.91. The number of aliphatic hydroxyl groups is 1. The molecule has 1 fully saturated rings. The van der Waals surface area contributed by atoms with Gasteiger partial charge in [0.1, 0.15) is 0 Å². The summed E-state index contributed by atoms with van der Waals surface area (Å²) in [6.45, 7) is 2.33. The molecule has 6 nitrogen and oxygen atoms in total. The summed E-state index contributed by atoms with van der Waals surface area (Å²) in [6.07, 6.45) is 0.720. The quantitative estimate of drug-likeness (QED) is 0.850. The van der Waals surface area contributed by atoms with Crippen molar-refractivity contribution in [2.24, 2.45) is 5.92 Å². The Hall–Kier alpha value is -1.92. The number of carboxylic acid groups (broad SMARTS) is 1. The standard InChI is InChI=1S/C15H19NO5/c1-10-8-12(9-21-10)14(18)16(6-7-17)13-4-2-11(3-5-13)15(19)20/h2-5,10,12,17H,6-9H2,1H3,(H,19,20). The molecule has 2 rings (SSSR count). The number of aliphatic hydroxyl groups excluding tert-OH is 1. The fourth-order valence-electron chi connectivity index (χ4n) is 2.46. The zero-order valence-electron chi connectivity index (χ0n) is 11.9. The zero-order chi connectivity index (χ0) is 15.4. The predicted molar refractivity (Wildman–Crippen MR) is 76.4 cm³/mol. The van der Waals surface area contributed by atoms with Crippen LogP contribution in [0.15, 0.2) is 24.3 Å². The van der Waals surface area contributed by atoms with E-state index in [0.717, 1.165) is 0 Å². The first kappa shape index (κ1) is 15.5. The second-order valence-electron chi connectivity index (χ2n) is 5.14. The molecule has 1 saturated heterocycles.